The van der Waals surface area contributed by atoms with Crippen LogP contribution in [-0.4, -0.2) is 17.5 Å². The number of ether oxygens (including phenoxy) is 1. The molecule has 1 N–H and O–H groups in total. The minimum atomic E-state index is -0.332. The predicted molar refractivity (Wildman–Crippen MR) is 130 cm³/mol. The van der Waals surface area contributed by atoms with Gasteiger partial charge in [0.25, 0.3) is 5.91 Å². The number of oxazole rings is 1. The van der Waals surface area contributed by atoms with Crippen LogP contribution < -0.4 is 10.1 Å². The number of amides is 1. The molecule has 4 rings (SSSR count). The number of benzene rings is 3. The Balaban J connectivity index is 1.51. The lowest BCUT2D eigenvalue weighted by Gasteiger charge is -2.13. The smallest absolute Gasteiger partial charge is 0.262 e. The van der Waals surface area contributed by atoms with Crippen molar-refractivity contribution in [3.05, 3.63) is 73.6 Å². The first-order valence-electron chi connectivity index (χ1n) is 9.35. The second-order valence-corrected chi connectivity index (χ2v) is 9.23. The lowest BCUT2D eigenvalue weighted by atomic mass is 10.2. The second-order valence-electron chi connectivity index (χ2n) is 7.06. The summed E-state index contributed by atoms with van der Waals surface area (Å²) in [5.74, 6) is 0.736. The standard InChI is InChI=1S/C23H17Br2ClN2O3/c1-12-3-6-20-19(7-12)28-23(31-20)14-4-5-17(26)18(9-14)27-21(29)11-30-22-13(2)8-15(24)10-16(22)25/h3-10H,11H2,1-2H3,(H,27,29). The molecule has 0 aliphatic heterocycles. The Morgan fingerprint density at radius 3 is 2.71 bits per heavy atom. The monoisotopic (exact) mass is 562 g/mol. The van der Waals surface area contributed by atoms with Gasteiger partial charge in [0.1, 0.15) is 11.3 Å². The summed E-state index contributed by atoms with van der Waals surface area (Å²) in [6.07, 6.45) is 0. The van der Waals surface area contributed by atoms with Crippen LogP contribution in [0.2, 0.25) is 5.02 Å². The summed E-state index contributed by atoms with van der Waals surface area (Å²) in [4.78, 5) is 17.0. The van der Waals surface area contributed by atoms with Crippen LogP contribution in [0.3, 0.4) is 0 Å². The minimum absolute atomic E-state index is 0.163. The predicted octanol–water partition coefficient (Wildman–Crippen LogP) is 7.31. The molecule has 0 aliphatic carbocycles. The van der Waals surface area contributed by atoms with Crippen molar-refractivity contribution in [3.8, 4) is 17.2 Å². The van der Waals surface area contributed by atoms with E-state index in [0.717, 1.165) is 25.6 Å². The molecule has 1 amide bonds. The number of aryl methyl sites for hydroxylation is 2. The number of anilines is 1. The first-order valence-corrected chi connectivity index (χ1v) is 11.3. The largest absolute Gasteiger partial charge is 0.482 e. The van der Waals surface area contributed by atoms with Crippen LogP contribution in [0.5, 0.6) is 5.75 Å². The van der Waals surface area contributed by atoms with Crippen LogP contribution in [0.1, 0.15) is 11.1 Å². The van der Waals surface area contributed by atoms with Crippen molar-refractivity contribution < 1.29 is 13.9 Å². The summed E-state index contributed by atoms with van der Waals surface area (Å²) in [5.41, 5.74) is 4.65. The number of rotatable bonds is 5. The quantitative estimate of drug-likeness (QED) is 0.276. The molecular formula is C23H17Br2ClN2O3. The first kappa shape index (κ1) is 21.9. The number of nitrogens with one attached hydrogen (secondary N) is 1. The van der Waals surface area contributed by atoms with Gasteiger partial charge in [0, 0.05) is 10.0 Å². The van der Waals surface area contributed by atoms with Crippen molar-refractivity contribution in [2.24, 2.45) is 0 Å². The van der Waals surface area contributed by atoms with Gasteiger partial charge in [0.05, 0.1) is 15.2 Å². The molecule has 1 heterocycles. The van der Waals surface area contributed by atoms with Crippen molar-refractivity contribution >= 4 is 66.2 Å². The third-order valence-corrected chi connectivity index (χ3v) is 5.95. The Labute approximate surface area is 201 Å². The summed E-state index contributed by atoms with van der Waals surface area (Å²) >= 11 is 13.2. The molecule has 0 saturated carbocycles. The van der Waals surface area contributed by atoms with Crippen molar-refractivity contribution in [1.29, 1.82) is 0 Å². The van der Waals surface area contributed by atoms with E-state index in [2.05, 4.69) is 42.2 Å². The summed E-state index contributed by atoms with van der Waals surface area (Å²) in [5, 5.41) is 3.20. The highest BCUT2D eigenvalue weighted by Crippen LogP contribution is 2.33. The number of carbonyl (C=O) groups excluding carboxylic acids is 1. The zero-order valence-corrected chi connectivity index (χ0v) is 20.6. The van der Waals surface area contributed by atoms with E-state index in [1.165, 1.54) is 0 Å². The molecular weight excluding hydrogens is 548 g/mol. The molecule has 158 valence electrons. The maximum atomic E-state index is 12.5. The van der Waals surface area contributed by atoms with E-state index in [-0.39, 0.29) is 12.5 Å². The van der Waals surface area contributed by atoms with Gasteiger partial charge in [-0.1, -0.05) is 33.6 Å². The molecule has 8 heteroatoms. The van der Waals surface area contributed by atoms with Crippen molar-refractivity contribution in [1.82, 2.24) is 4.98 Å². The van der Waals surface area contributed by atoms with Crippen LogP contribution in [0, 0.1) is 13.8 Å². The maximum absolute atomic E-state index is 12.5. The molecule has 31 heavy (non-hydrogen) atoms. The topological polar surface area (TPSA) is 64.4 Å². The number of nitrogens with zero attached hydrogens (tertiary/aromatic N) is 1. The maximum Gasteiger partial charge on any atom is 0.262 e. The summed E-state index contributed by atoms with van der Waals surface area (Å²) < 4.78 is 13.2. The Hall–Kier alpha value is -2.35. The Kier molecular flexibility index (Phi) is 6.36. The van der Waals surface area contributed by atoms with E-state index in [4.69, 9.17) is 20.8 Å². The lowest BCUT2D eigenvalue weighted by molar-refractivity contribution is -0.118. The fourth-order valence-electron chi connectivity index (χ4n) is 3.11. The molecule has 0 aliphatic rings. The Morgan fingerprint density at radius 1 is 1.13 bits per heavy atom. The first-order chi connectivity index (χ1) is 14.8. The fraction of sp³-hybridized carbons (Fsp3) is 0.130. The molecule has 0 fully saturated rings. The van der Waals surface area contributed by atoms with Gasteiger partial charge in [-0.25, -0.2) is 4.98 Å². The average molecular weight is 565 g/mol. The molecule has 0 unspecified atom stereocenters. The molecule has 4 aromatic rings. The molecule has 0 bridgehead atoms. The second kappa shape index (κ2) is 9.02. The summed E-state index contributed by atoms with van der Waals surface area (Å²) in [7, 11) is 0. The van der Waals surface area contributed by atoms with Crippen LogP contribution >= 0.6 is 43.5 Å². The third-order valence-electron chi connectivity index (χ3n) is 4.57. The highest BCUT2D eigenvalue weighted by atomic mass is 79.9. The van der Waals surface area contributed by atoms with Crippen molar-refractivity contribution in [2.75, 3.05) is 11.9 Å². The van der Waals surface area contributed by atoms with E-state index in [1.807, 2.05) is 44.2 Å². The van der Waals surface area contributed by atoms with E-state index in [9.17, 15) is 4.79 Å². The molecule has 3 aromatic carbocycles. The zero-order chi connectivity index (χ0) is 22.1. The van der Waals surface area contributed by atoms with Crippen molar-refractivity contribution in [3.63, 3.8) is 0 Å². The van der Waals surface area contributed by atoms with Crippen LogP contribution in [0.15, 0.2) is 61.9 Å². The van der Waals surface area contributed by atoms with Gasteiger partial charge in [0.15, 0.2) is 12.2 Å². The van der Waals surface area contributed by atoms with Gasteiger partial charge in [-0.05, 0) is 83.4 Å². The van der Waals surface area contributed by atoms with Gasteiger partial charge in [-0.2, -0.15) is 0 Å². The Morgan fingerprint density at radius 2 is 1.94 bits per heavy atom. The average Bonchev–Trinajstić information content (AvgIpc) is 3.12. The van der Waals surface area contributed by atoms with Crippen molar-refractivity contribution in [2.45, 2.75) is 13.8 Å². The number of fused-ring (bicyclic) bond motifs is 1. The normalized spacial score (nSPS) is 11.0. The van der Waals surface area contributed by atoms with Gasteiger partial charge < -0.3 is 14.5 Å². The number of carbonyl (C=O) groups is 1. The molecule has 0 saturated heterocycles. The van der Waals surface area contributed by atoms with E-state index < -0.39 is 0 Å². The highest BCUT2D eigenvalue weighted by Gasteiger charge is 2.14. The highest BCUT2D eigenvalue weighted by molar-refractivity contribution is 9.11. The van der Waals surface area contributed by atoms with Gasteiger partial charge in [-0.15, -0.1) is 0 Å². The minimum Gasteiger partial charge on any atom is -0.482 e. The number of hydrogen-bond acceptors (Lipinski definition) is 4. The fourth-order valence-corrected chi connectivity index (χ4v) is 4.83. The van der Waals surface area contributed by atoms with E-state index in [1.54, 1.807) is 18.2 Å². The van der Waals surface area contributed by atoms with E-state index >= 15 is 0 Å². The SMILES string of the molecule is Cc1ccc2oc(-c3ccc(Cl)c(NC(=O)COc4c(C)cc(Br)cc4Br)c3)nc2c1. The summed E-state index contributed by atoms with van der Waals surface area (Å²) in [6.45, 7) is 3.74. The number of halogens is 3. The molecule has 5 nitrogen and oxygen atoms in total. The number of hydrogen-bond donors (Lipinski definition) is 1. The van der Waals surface area contributed by atoms with Crippen LogP contribution in [0.4, 0.5) is 5.69 Å². The molecule has 0 atom stereocenters. The Bertz CT molecular complexity index is 1280. The van der Waals surface area contributed by atoms with Crippen LogP contribution in [0.25, 0.3) is 22.6 Å². The molecule has 1 aromatic heterocycles. The van der Waals surface area contributed by atoms with Gasteiger partial charge >= 0.3 is 0 Å². The number of aromatic nitrogens is 1. The molecule has 0 radical (unpaired) electrons. The lowest BCUT2D eigenvalue weighted by Crippen LogP contribution is -2.20. The molecule has 0 spiro atoms. The van der Waals surface area contributed by atoms with Crippen LogP contribution in [-0.2, 0) is 4.79 Å². The zero-order valence-electron chi connectivity index (χ0n) is 16.6. The van der Waals surface area contributed by atoms with E-state index in [0.29, 0.717) is 33.5 Å². The van der Waals surface area contributed by atoms with Gasteiger partial charge in [0.2, 0.25) is 5.89 Å². The van der Waals surface area contributed by atoms with Gasteiger partial charge in [-0.3, -0.25) is 4.79 Å². The third kappa shape index (κ3) is 4.95. The summed E-state index contributed by atoms with van der Waals surface area (Å²) in [6, 6.07) is 14.8.